The molecule has 0 unspecified atom stereocenters. The van der Waals surface area contributed by atoms with Gasteiger partial charge in [0, 0.05) is 21.2 Å². The zero-order valence-electron chi connectivity index (χ0n) is 14.7. The van der Waals surface area contributed by atoms with Gasteiger partial charge in [0.25, 0.3) is 0 Å². The van der Waals surface area contributed by atoms with E-state index in [-0.39, 0.29) is 17.1 Å². The second-order valence-electron chi connectivity index (χ2n) is 8.49. The van der Waals surface area contributed by atoms with Gasteiger partial charge in [-0.1, -0.05) is 0 Å². The molecule has 2 aromatic heterocycles. The van der Waals surface area contributed by atoms with Crippen molar-refractivity contribution in [3.63, 3.8) is 0 Å². The fourth-order valence-electron chi connectivity index (χ4n) is 5.87. The van der Waals surface area contributed by atoms with E-state index in [2.05, 4.69) is 5.32 Å². The lowest BCUT2D eigenvalue weighted by Crippen LogP contribution is -2.53. The van der Waals surface area contributed by atoms with Crippen LogP contribution < -0.4 is 5.32 Å². The number of hydrogen-bond donors (Lipinski definition) is 1. The molecule has 4 bridgehead atoms. The minimum Gasteiger partial charge on any atom is -0.351 e. The van der Waals surface area contributed by atoms with Crippen LogP contribution in [0, 0.1) is 23.2 Å². The standard InChI is InChI=1S/C21H23NO2S2/c23-19(16-3-4-25-12-16)18-2-1-17(26-18)11-22-20(24)21-8-13-5-14(9-21)7-15(6-13)10-21/h1-4,12-15H,5-11H2,(H,22,24). The average molecular weight is 386 g/mol. The molecule has 5 heteroatoms. The van der Waals surface area contributed by atoms with Crippen LogP contribution in [0.25, 0.3) is 0 Å². The van der Waals surface area contributed by atoms with Gasteiger partial charge in [0.05, 0.1) is 11.4 Å². The maximum absolute atomic E-state index is 13.0. The summed E-state index contributed by atoms with van der Waals surface area (Å²) in [7, 11) is 0. The Labute approximate surface area is 161 Å². The molecule has 3 nitrogen and oxygen atoms in total. The second-order valence-corrected chi connectivity index (χ2v) is 10.4. The smallest absolute Gasteiger partial charge is 0.226 e. The molecule has 4 fully saturated rings. The number of amides is 1. The lowest BCUT2D eigenvalue weighted by atomic mass is 9.49. The van der Waals surface area contributed by atoms with Crippen molar-refractivity contribution in [3.05, 3.63) is 44.3 Å². The maximum Gasteiger partial charge on any atom is 0.226 e. The molecular formula is C21H23NO2S2. The van der Waals surface area contributed by atoms with Crippen LogP contribution in [-0.2, 0) is 11.3 Å². The van der Waals surface area contributed by atoms with E-state index in [0.717, 1.165) is 52.3 Å². The first kappa shape index (κ1) is 16.7. The Hall–Kier alpha value is -1.46. The highest BCUT2D eigenvalue weighted by Gasteiger charge is 2.54. The number of ketones is 1. The first-order chi connectivity index (χ1) is 12.6. The number of rotatable bonds is 5. The van der Waals surface area contributed by atoms with E-state index in [0.29, 0.717) is 6.54 Å². The lowest BCUT2D eigenvalue weighted by Gasteiger charge is -2.55. The van der Waals surface area contributed by atoms with E-state index in [1.165, 1.54) is 41.9 Å². The van der Waals surface area contributed by atoms with Crippen LogP contribution in [0.2, 0.25) is 0 Å². The van der Waals surface area contributed by atoms with Crippen molar-refractivity contribution < 1.29 is 9.59 Å². The zero-order valence-corrected chi connectivity index (χ0v) is 16.3. The molecule has 6 rings (SSSR count). The molecule has 2 heterocycles. The fourth-order valence-corrected chi connectivity index (χ4v) is 7.42. The van der Waals surface area contributed by atoms with Crippen LogP contribution in [-0.4, -0.2) is 11.7 Å². The van der Waals surface area contributed by atoms with E-state index < -0.39 is 0 Å². The van der Waals surface area contributed by atoms with E-state index in [4.69, 9.17) is 0 Å². The molecule has 4 aliphatic carbocycles. The Bertz CT molecular complexity index is 801. The fraction of sp³-hybridized carbons (Fsp3) is 0.524. The Morgan fingerprint density at radius 1 is 1.04 bits per heavy atom. The van der Waals surface area contributed by atoms with Gasteiger partial charge in [-0.3, -0.25) is 9.59 Å². The second kappa shape index (κ2) is 6.31. The van der Waals surface area contributed by atoms with Gasteiger partial charge in [0.2, 0.25) is 11.7 Å². The molecule has 0 saturated heterocycles. The summed E-state index contributed by atoms with van der Waals surface area (Å²) in [6.07, 6.45) is 7.34. The van der Waals surface area contributed by atoms with Crippen molar-refractivity contribution in [3.8, 4) is 0 Å². The van der Waals surface area contributed by atoms with Crippen LogP contribution in [0.1, 0.15) is 58.6 Å². The van der Waals surface area contributed by atoms with Crippen LogP contribution in [0.4, 0.5) is 0 Å². The molecule has 2 aromatic rings. The minimum atomic E-state index is -0.0959. The van der Waals surface area contributed by atoms with Gasteiger partial charge < -0.3 is 5.32 Å². The highest BCUT2D eigenvalue weighted by molar-refractivity contribution is 7.14. The first-order valence-electron chi connectivity index (χ1n) is 9.55. The molecule has 1 N–H and O–H groups in total. The minimum absolute atomic E-state index is 0.0786. The van der Waals surface area contributed by atoms with Gasteiger partial charge in [-0.05, 0) is 79.9 Å². The summed E-state index contributed by atoms with van der Waals surface area (Å²) in [6, 6.07) is 5.72. The van der Waals surface area contributed by atoms with Gasteiger partial charge in [-0.25, -0.2) is 0 Å². The van der Waals surface area contributed by atoms with E-state index in [1.807, 2.05) is 29.0 Å². The molecule has 0 aliphatic heterocycles. The monoisotopic (exact) mass is 385 g/mol. The Morgan fingerprint density at radius 3 is 2.35 bits per heavy atom. The summed E-state index contributed by atoms with van der Waals surface area (Å²) in [5.41, 5.74) is 0.655. The molecule has 136 valence electrons. The number of nitrogens with one attached hydrogen (secondary N) is 1. The molecule has 26 heavy (non-hydrogen) atoms. The van der Waals surface area contributed by atoms with Gasteiger partial charge in [0.1, 0.15) is 0 Å². The Balaban J connectivity index is 1.24. The largest absolute Gasteiger partial charge is 0.351 e. The van der Waals surface area contributed by atoms with Crippen molar-refractivity contribution in [2.75, 3.05) is 0 Å². The number of hydrogen-bond acceptors (Lipinski definition) is 4. The molecule has 4 aliphatic rings. The number of carbonyl (C=O) groups is 2. The predicted molar refractivity (Wildman–Crippen MR) is 105 cm³/mol. The predicted octanol–water partition coefficient (Wildman–Crippen LogP) is 4.87. The van der Waals surface area contributed by atoms with E-state index in [9.17, 15) is 9.59 Å². The first-order valence-corrected chi connectivity index (χ1v) is 11.3. The molecular weight excluding hydrogens is 362 g/mol. The van der Waals surface area contributed by atoms with Crippen LogP contribution in [0.5, 0.6) is 0 Å². The summed E-state index contributed by atoms with van der Waals surface area (Å²) < 4.78 is 0. The van der Waals surface area contributed by atoms with Crippen molar-refractivity contribution in [1.29, 1.82) is 0 Å². The molecule has 0 radical (unpaired) electrons. The Morgan fingerprint density at radius 2 is 1.73 bits per heavy atom. The summed E-state index contributed by atoms with van der Waals surface area (Å²) >= 11 is 3.04. The van der Waals surface area contributed by atoms with Gasteiger partial charge in [-0.15, -0.1) is 11.3 Å². The summed E-state index contributed by atoms with van der Waals surface area (Å²) in [6.45, 7) is 0.544. The molecule has 0 atom stereocenters. The SMILES string of the molecule is O=C(c1ccsc1)c1ccc(CNC(=O)C23CC4CC(CC(C4)C2)C3)s1. The third kappa shape index (κ3) is 2.85. The van der Waals surface area contributed by atoms with Gasteiger partial charge >= 0.3 is 0 Å². The number of carbonyl (C=O) groups excluding carboxylic acids is 2. The van der Waals surface area contributed by atoms with Crippen LogP contribution in [0.15, 0.2) is 29.0 Å². The lowest BCUT2D eigenvalue weighted by molar-refractivity contribution is -0.146. The third-order valence-electron chi connectivity index (χ3n) is 6.61. The maximum atomic E-state index is 13.0. The molecule has 0 spiro atoms. The van der Waals surface area contributed by atoms with Crippen LogP contribution in [0.3, 0.4) is 0 Å². The highest BCUT2D eigenvalue weighted by Crippen LogP contribution is 2.60. The Kier molecular flexibility index (Phi) is 4.05. The van der Waals surface area contributed by atoms with Crippen molar-refractivity contribution in [1.82, 2.24) is 5.32 Å². The van der Waals surface area contributed by atoms with Crippen LogP contribution >= 0.6 is 22.7 Å². The van der Waals surface area contributed by atoms with Crippen molar-refractivity contribution in [2.24, 2.45) is 23.2 Å². The quantitative estimate of drug-likeness (QED) is 0.746. The summed E-state index contributed by atoms with van der Waals surface area (Å²) in [5.74, 6) is 2.68. The normalized spacial score (nSPS) is 31.9. The summed E-state index contributed by atoms with van der Waals surface area (Å²) in [5, 5.41) is 7.01. The van der Waals surface area contributed by atoms with E-state index in [1.54, 1.807) is 0 Å². The number of thiophene rings is 2. The van der Waals surface area contributed by atoms with E-state index >= 15 is 0 Å². The molecule has 4 saturated carbocycles. The van der Waals surface area contributed by atoms with Gasteiger partial charge in [0.15, 0.2) is 0 Å². The van der Waals surface area contributed by atoms with Gasteiger partial charge in [-0.2, -0.15) is 11.3 Å². The topological polar surface area (TPSA) is 46.2 Å². The third-order valence-corrected chi connectivity index (χ3v) is 8.38. The van der Waals surface area contributed by atoms with Crippen molar-refractivity contribution in [2.45, 2.75) is 45.1 Å². The highest BCUT2D eigenvalue weighted by atomic mass is 32.1. The van der Waals surface area contributed by atoms with Crippen molar-refractivity contribution >= 4 is 34.4 Å². The molecule has 1 amide bonds. The summed E-state index contributed by atoms with van der Waals surface area (Å²) in [4.78, 5) is 27.3. The average Bonchev–Trinajstić information content (AvgIpc) is 3.30. The molecule has 0 aromatic carbocycles. The zero-order chi connectivity index (χ0) is 17.7.